The van der Waals surface area contributed by atoms with Crippen molar-refractivity contribution in [1.82, 2.24) is 15.5 Å². The zero-order valence-electron chi connectivity index (χ0n) is 27.6. The minimum Gasteiger partial charge on any atom is -0.461 e. The summed E-state index contributed by atoms with van der Waals surface area (Å²) in [5, 5.41) is 5.39. The van der Waals surface area contributed by atoms with E-state index in [0.717, 1.165) is 16.7 Å². The highest BCUT2D eigenvalue weighted by Gasteiger charge is 2.36. The van der Waals surface area contributed by atoms with Gasteiger partial charge in [-0.05, 0) is 43.9 Å². The summed E-state index contributed by atoms with van der Waals surface area (Å²) in [6, 6.07) is 24.8. The summed E-state index contributed by atoms with van der Waals surface area (Å²) < 4.78 is 16.4. The molecule has 0 aliphatic carbocycles. The van der Waals surface area contributed by atoms with Gasteiger partial charge in [-0.1, -0.05) is 91.0 Å². The molecule has 0 bridgehead atoms. The van der Waals surface area contributed by atoms with Crippen molar-refractivity contribution in [2.24, 2.45) is 5.92 Å². The molecule has 254 valence electrons. The van der Waals surface area contributed by atoms with Gasteiger partial charge in [0.15, 0.2) is 0 Å². The normalized spacial score (nSPS) is 15.5. The van der Waals surface area contributed by atoms with E-state index in [1.54, 1.807) is 32.9 Å². The molecule has 3 amide bonds. The topological polar surface area (TPSA) is 140 Å². The first-order chi connectivity index (χ1) is 23.0. The maximum Gasteiger partial charge on any atom is 0.410 e. The zero-order chi connectivity index (χ0) is 34.5. The summed E-state index contributed by atoms with van der Waals surface area (Å²) in [6.45, 7) is 5.65. The Balaban J connectivity index is 1.47. The number of carbonyl (C=O) groups excluding carboxylic acids is 5. The standard InChI is InChI=1S/C37H43N3O8/c1-37(2,3)48-36(45)40-20-19-29(23-40)33(42)38-30(22-32(41)46-24-27-15-9-5-10-16-27)34(43)39-31(21-26-13-7-4-8-14-26)35(44)47-25-28-17-11-6-12-18-28/h4-18,29-31H,19-25H2,1-3H3,(H,38,42)(H,39,43)/t29?,30-,31-/m0/s1. The summed E-state index contributed by atoms with van der Waals surface area (Å²) in [4.78, 5) is 67.5. The van der Waals surface area contributed by atoms with Crippen LogP contribution in [0.2, 0.25) is 0 Å². The molecule has 3 atom stereocenters. The van der Waals surface area contributed by atoms with E-state index in [9.17, 15) is 24.0 Å². The Morgan fingerprint density at radius 2 is 1.29 bits per heavy atom. The quantitative estimate of drug-likeness (QED) is 0.205. The molecule has 1 fully saturated rings. The van der Waals surface area contributed by atoms with Crippen molar-refractivity contribution in [2.75, 3.05) is 13.1 Å². The minimum absolute atomic E-state index is 0.00262. The number of rotatable bonds is 13. The molecule has 4 rings (SSSR count). The van der Waals surface area contributed by atoms with Crippen LogP contribution >= 0.6 is 0 Å². The zero-order valence-corrected chi connectivity index (χ0v) is 27.6. The Hall–Kier alpha value is -5.19. The van der Waals surface area contributed by atoms with E-state index in [2.05, 4.69) is 10.6 Å². The fourth-order valence-electron chi connectivity index (χ4n) is 5.07. The monoisotopic (exact) mass is 657 g/mol. The predicted octanol–water partition coefficient (Wildman–Crippen LogP) is 4.33. The van der Waals surface area contributed by atoms with Crippen molar-refractivity contribution in [3.63, 3.8) is 0 Å². The Morgan fingerprint density at radius 1 is 0.750 bits per heavy atom. The SMILES string of the molecule is CC(C)(C)OC(=O)N1CCC(C(=O)N[C@@H](CC(=O)OCc2ccccc2)C(=O)N[C@@H](Cc2ccccc2)C(=O)OCc2ccccc2)C1. The van der Waals surface area contributed by atoms with Gasteiger partial charge in [-0.3, -0.25) is 14.4 Å². The van der Waals surface area contributed by atoms with E-state index in [1.807, 2.05) is 78.9 Å². The van der Waals surface area contributed by atoms with Crippen molar-refractivity contribution >= 4 is 29.8 Å². The summed E-state index contributed by atoms with van der Waals surface area (Å²) in [7, 11) is 0. The molecule has 48 heavy (non-hydrogen) atoms. The number of amides is 3. The van der Waals surface area contributed by atoms with Crippen molar-refractivity contribution in [3.05, 3.63) is 108 Å². The van der Waals surface area contributed by atoms with Crippen LogP contribution in [0.3, 0.4) is 0 Å². The molecule has 1 heterocycles. The second kappa shape index (κ2) is 17.1. The number of nitrogens with one attached hydrogen (secondary N) is 2. The van der Waals surface area contributed by atoms with Gasteiger partial charge in [-0.2, -0.15) is 0 Å². The van der Waals surface area contributed by atoms with Crippen molar-refractivity contribution < 1.29 is 38.2 Å². The first kappa shape index (κ1) is 35.7. The van der Waals surface area contributed by atoms with Gasteiger partial charge in [0.1, 0.15) is 30.9 Å². The average molecular weight is 658 g/mol. The van der Waals surface area contributed by atoms with Crippen LogP contribution in [0.4, 0.5) is 4.79 Å². The smallest absolute Gasteiger partial charge is 0.410 e. The molecule has 11 nitrogen and oxygen atoms in total. The van der Waals surface area contributed by atoms with Gasteiger partial charge < -0.3 is 29.7 Å². The van der Waals surface area contributed by atoms with Crippen LogP contribution < -0.4 is 10.6 Å². The minimum atomic E-state index is -1.36. The average Bonchev–Trinajstić information content (AvgIpc) is 3.57. The van der Waals surface area contributed by atoms with Crippen LogP contribution in [0.1, 0.15) is 50.3 Å². The van der Waals surface area contributed by atoms with Crippen molar-refractivity contribution in [1.29, 1.82) is 0 Å². The number of hydrogen-bond acceptors (Lipinski definition) is 8. The Kier molecular flexibility index (Phi) is 12.7. The van der Waals surface area contributed by atoms with Gasteiger partial charge in [0.2, 0.25) is 11.8 Å². The van der Waals surface area contributed by atoms with Gasteiger partial charge >= 0.3 is 18.0 Å². The van der Waals surface area contributed by atoms with Crippen molar-refractivity contribution in [2.45, 2.75) is 70.9 Å². The van der Waals surface area contributed by atoms with Crippen molar-refractivity contribution in [3.8, 4) is 0 Å². The van der Waals surface area contributed by atoms with E-state index in [1.165, 1.54) is 4.90 Å². The largest absolute Gasteiger partial charge is 0.461 e. The molecule has 1 aliphatic rings. The lowest BCUT2D eigenvalue weighted by molar-refractivity contribution is -0.150. The summed E-state index contributed by atoms with van der Waals surface area (Å²) in [6.07, 6.45) is -0.550. The highest BCUT2D eigenvalue weighted by atomic mass is 16.6. The molecule has 1 saturated heterocycles. The van der Waals surface area contributed by atoms with Crippen LogP contribution in [0.15, 0.2) is 91.0 Å². The number of esters is 2. The van der Waals surface area contributed by atoms with Crippen LogP contribution in [0, 0.1) is 5.92 Å². The molecular weight excluding hydrogens is 614 g/mol. The van der Waals surface area contributed by atoms with Crippen LogP contribution in [0.25, 0.3) is 0 Å². The highest BCUT2D eigenvalue weighted by Crippen LogP contribution is 2.20. The maximum atomic E-state index is 13.8. The fourth-order valence-corrected chi connectivity index (χ4v) is 5.07. The maximum absolute atomic E-state index is 13.8. The Bertz CT molecular complexity index is 1530. The molecule has 11 heteroatoms. The van der Waals surface area contributed by atoms with Gasteiger partial charge in [-0.15, -0.1) is 0 Å². The van der Waals surface area contributed by atoms with Gasteiger partial charge in [0, 0.05) is 19.5 Å². The number of ether oxygens (including phenoxy) is 3. The third-order valence-electron chi connectivity index (χ3n) is 7.56. The third kappa shape index (κ3) is 11.6. The van der Waals surface area contributed by atoms with E-state index in [4.69, 9.17) is 14.2 Å². The molecule has 1 aliphatic heterocycles. The molecule has 0 radical (unpaired) electrons. The molecule has 2 N–H and O–H groups in total. The van der Waals surface area contributed by atoms with Crippen LogP contribution in [0.5, 0.6) is 0 Å². The fraction of sp³-hybridized carbons (Fsp3) is 0.378. The van der Waals surface area contributed by atoms with E-state index in [-0.39, 0.29) is 26.2 Å². The lowest BCUT2D eigenvalue weighted by atomic mass is 10.0. The number of hydrogen-bond donors (Lipinski definition) is 2. The molecule has 3 aromatic carbocycles. The molecular formula is C37H43N3O8. The number of benzene rings is 3. The summed E-state index contributed by atoms with van der Waals surface area (Å²) >= 11 is 0. The second-order valence-electron chi connectivity index (χ2n) is 12.7. The van der Waals surface area contributed by atoms with Crippen LogP contribution in [-0.4, -0.2) is 65.5 Å². The van der Waals surface area contributed by atoms with Crippen LogP contribution in [-0.2, 0) is 53.0 Å². The lowest BCUT2D eigenvalue weighted by Gasteiger charge is -2.25. The Labute approximate surface area is 280 Å². The predicted molar refractivity (Wildman–Crippen MR) is 177 cm³/mol. The van der Waals surface area contributed by atoms with Gasteiger partial charge in [0.05, 0.1) is 12.3 Å². The Morgan fingerprint density at radius 3 is 1.85 bits per heavy atom. The molecule has 0 spiro atoms. The summed E-state index contributed by atoms with van der Waals surface area (Å²) in [5.74, 6) is -3.28. The number of likely N-dealkylation sites (tertiary alicyclic amines) is 1. The number of carbonyl (C=O) groups is 5. The molecule has 0 aromatic heterocycles. The second-order valence-corrected chi connectivity index (χ2v) is 12.7. The lowest BCUT2D eigenvalue weighted by Crippen LogP contribution is -2.54. The third-order valence-corrected chi connectivity index (χ3v) is 7.56. The first-order valence-corrected chi connectivity index (χ1v) is 16.0. The molecule has 3 aromatic rings. The summed E-state index contributed by atoms with van der Waals surface area (Å²) in [5.41, 5.74) is 1.61. The molecule has 0 saturated carbocycles. The molecule has 1 unspecified atom stereocenters. The van der Waals surface area contributed by atoms with Gasteiger partial charge in [0.25, 0.3) is 0 Å². The first-order valence-electron chi connectivity index (χ1n) is 16.0. The van der Waals surface area contributed by atoms with Gasteiger partial charge in [-0.25, -0.2) is 9.59 Å². The van der Waals surface area contributed by atoms with E-state index >= 15 is 0 Å². The van der Waals surface area contributed by atoms with E-state index < -0.39 is 59.9 Å². The van der Waals surface area contributed by atoms with E-state index in [0.29, 0.717) is 13.0 Å². The number of nitrogens with zero attached hydrogens (tertiary/aromatic N) is 1. The highest BCUT2D eigenvalue weighted by molar-refractivity contribution is 5.94.